The Morgan fingerprint density at radius 2 is 2.05 bits per heavy atom. The zero-order valence-corrected chi connectivity index (χ0v) is 13.1. The highest BCUT2D eigenvalue weighted by molar-refractivity contribution is 7.89. The highest BCUT2D eigenvalue weighted by atomic mass is 32.2. The van der Waals surface area contributed by atoms with Gasteiger partial charge in [-0.2, -0.15) is 0 Å². The maximum Gasteiger partial charge on any atom is 0.240 e. The average molecular weight is 313 g/mol. The van der Waals surface area contributed by atoms with Crippen LogP contribution in [0.15, 0.2) is 23.1 Å². The van der Waals surface area contributed by atoms with Crippen LogP contribution < -0.4 is 10.5 Å². The molecule has 0 bridgehead atoms. The SMILES string of the molecule is CCCN1CCC(NS(=O)(=O)c2ccc(O)c(N)c2)CC1. The summed E-state index contributed by atoms with van der Waals surface area (Å²) in [6.07, 6.45) is 2.74. The number of phenols is 1. The monoisotopic (exact) mass is 313 g/mol. The fourth-order valence-corrected chi connectivity index (χ4v) is 3.92. The Bertz CT molecular complexity index is 581. The van der Waals surface area contributed by atoms with E-state index in [2.05, 4.69) is 16.5 Å². The molecular weight excluding hydrogens is 290 g/mol. The van der Waals surface area contributed by atoms with Crippen LogP contribution in [-0.2, 0) is 10.0 Å². The van der Waals surface area contributed by atoms with E-state index in [1.54, 1.807) is 0 Å². The molecule has 1 heterocycles. The first kappa shape index (κ1) is 16.1. The van der Waals surface area contributed by atoms with E-state index in [0.29, 0.717) is 0 Å². The quantitative estimate of drug-likeness (QED) is 0.559. The number of benzene rings is 1. The Balaban J connectivity index is 2.00. The maximum atomic E-state index is 12.3. The number of likely N-dealkylation sites (tertiary alicyclic amines) is 1. The number of sulfonamides is 1. The summed E-state index contributed by atoms with van der Waals surface area (Å²) in [5.74, 6) is -0.109. The topological polar surface area (TPSA) is 95.7 Å². The summed E-state index contributed by atoms with van der Waals surface area (Å²) in [6.45, 7) is 5.04. The number of nitrogens with zero attached hydrogens (tertiary/aromatic N) is 1. The van der Waals surface area contributed by atoms with Gasteiger partial charge in [-0.1, -0.05) is 6.92 Å². The largest absolute Gasteiger partial charge is 0.506 e. The summed E-state index contributed by atoms with van der Waals surface area (Å²) in [6, 6.07) is 3.90. The average Bonchev–Trinajstić information content (AvgIpc) is 2.44. The molecule has 6 nitrogen and oxygen atoms in total. The second-order valence-corrected chi connectivity index (χ2v) is 7.17. The molecule has 1 saturated heterocycles. The summed E-state index contributed by atoms with van der Waals surface area (Å²) in [7, 11) is -3.59. The molecule has 1 aliphatic rings. The van der Waals surface area contributed by atoms with Crippen LogP contribution in [0.4, 0.5) is 5.69 Å². The fourth-order valence-electron chi connectivity index (χ4n) is 2.58. The number of nitrogen functional groups attached to an aromatic ring is 1. The maximum absolute atomic E-state index is 12.3. The molecule has 1 fully saturated rings. The number of hydrogen-bond donors (Lipinski definition) is 3. The van der Waals surface area contributed by atoms with Gasteiger partial charge in [0.25, 0.3) is 0 Å². The van der Waals surface area contributed by atoms with Gasteiger partial charge < -0.3 is 15.7 Å². The summed E-state index contributed by atoms with van der Waals surface area (Å²) in [5, 5.41) is 9.36. The van der Waals surface area contributed by atoms with Gasteiger partial charge in [0.1, 0.15) is 5.75 Å². The van der Waals surface area contributed by atoms with Crippen LogP contribution in [-0.4, -0.2) is 44.1 Å². The van der Waals surface area contributed by atoms with E-state index in [-0.39, 0.29) is 22.4 Å². The van der Waals surface area contributed by atoms with E-state index in [4.69, 9.17) is 5.73 Å². The molecule has 1 aromatic rings. The first-order chi connectivity index (χ1) is 9.92. The summed E-state index contributed by atoms with van der Waals surface area (Å²) in [4.78, 5) is 2.44. The Kier molecular flexibility index (Phi) is 5.08. The van der Waals surface area contributed by atoms with Crippen molar-refractivity contribution in [3.05, 3.63) is 18.2 Å². The molecule has 0 aromatic heterocycles. The van der Waals surface area contributed by atoms with Gasteiger partial charge in [0.15, 0.2) is 0 Å². The van der Waals surface area contributed by atoms with Crippen molar-refractivity contribution >= 4 is 15.7 Å². The van der Waals surface area contributed by atoms with Crippen LogP contribution in [0.2, 0.25) is 0 Å². The minimum atomic E-state index is -3.59. The minimum absolute atomic E-state index is 0.0434. The van der Waals surface area contributed by atoms with Gasteiger partial charge >= 0.3 is 0 Å². The van der Waals surface area contributed by atoms with Crippen molar-refractivity contribution in [1.82, 2.24) is 9.62 Å². The van der Waals surface area contributed by atoms with Gasteiger partial charge in [-0.25, -0.2) is 13.1 Å². The van der Waals surface area contributed by atoms with Crippen LogP contribution in [0.1, 0.15) is 26.2 Å². The van der Waals surface area contributed by atoms with Crippen molar-refractivity contribution in [2.24, 2.45) is 0 Å². The highest BCUT2D eigenvalue weighted by Gasteiger charge is 2.24. The third-order valence-corrected chi connectivity index (χ3v) is 5.28. The molecule has 7 heteroatoms. The molecule has 1 aliphatic heterocycles. The summed E-state index contributed by atoms with van der Waals surface area (Å²) >= 11 is 0. The van der Waals surface area contributed by atoms with E-state index in [9.17, 15) is 13.5 Å². The van der Waals surface area contributed by atoms with E-state index < -0.39 is 10.0 Å². The van der Waals surface area contributed by atoms with Crippen molar-refractivity contribution in [3.63, 3.8) is 0 Å². The smallest absolute Gasteiger partial charge is 0.240 e. The van der Waals surface area contributed by atoms with Crippen molar-refractivity contribution in [3.8, 4) is 5.75 Å². The zero-order chi connectivity index (χ0) is 15.5. The van der Waals surface area contributed by atoms with Crippen LogP contribution in [0, 0.1) is 0 Å². The minimum Gasteiger partial charge on any atom is -0.506 e. The molecule has 118 valence electrons. The van der Waals surface area contributed by atoms with E-state index in [0.717, 1.165) is 38.9 Å². The van der Waals surface area contributed by atoms with Gasteiger partial charge in [-0.05, 0) is 57.1 Å². The predicted octanol–water partition coefficient (Wildman–Crippen LogP) is 1.13. The highest BCUT2D eigenvalue weighted by Crippen LogP contribution is 2.23. The Morgan fingerprint density at radius 1 is 1.38 bits per heavy atom. The molecule has 0 spiro atoms. The van der Waals surface area contributed by atoms with Gasteiger partial charge in [0.2, 0.25) is 10.0 Å². The first-order valence-electron chi connectivity index (χ1n) is 7.25. The lowest BCUT2D eigenvalue weighted by Crippen LogP contribution is -2.44. The molecule has 2 rings (SSSR count). The first-order valence-corrected chi connectivity index (χ1v) is 8.74. The van der Waals surface area contributed by atoms with Crippen LogP contribution in [0.5, 0.6) is 5.75 Å². The number of hydrogen-bond acceptors (Lipinski definition) is 5. The fraction of sp³-hybridized carbons (Fsp3) is 0.571. The van der Waals surface area contributed by atoms with Crippen LogP contribution >= 0.6 is 0 Å². The van der Waals surface area contributed by atoms with Gasteiger partial charge in [-0.15, -0.1) is 0 Å². The van der Waals surface area contributed by atoms with E-state index in [1.807, 2.05) is 0 Å². The second-order valence-electron chi connectivity index (χ2n) is 5.46. The van der Waals surface area contributed by atoms with Crippen molar-refractivity contribution in [1.29, 1.82) is 0 Å². The number of aromatic hydroxyl groups is 1. The van der Waals surface area contributed by atoms with E-state index >= 15 is 0 Å². The number of anilines is 1. The standard InChI is InChI=1S/C14H23N3O3S/c1-2-7-17-8-5-11(6-9-17)16-21(19,20)12-3-4-14(18)13(15)10-12/h3-4,10-11,16,18H,2,5-9,15H2,1H3. The Labute approximate surface area is 126 Å². The lowest BCUT2D eigenvalue weighted by molar-refractivity contribution is 0.208. The van der Waals surface area contributed by atoms with E-state index in [1.165, 1.54) is 18.2 Å². The number of nitrogens with two attached hydrogens (primary N) is 1. The molecule has 4 N–H and O–H groups in total. The molecule has 0 aliphatic carbocycles. The molecule has 0 saturated carbocycles. The summed E-state index contributed by atoms with van der Waals surface area (Å²) in [5.41, 5.74) is 5.62. The molecular formula is C14H23N3O3S. The number of rotatable bonds is 5. The molecule has 0 unspecified atom stereocenters. The van der Waals surface area contributed by atoms with Gasteiger partial charge in [0, 0.05) is 6.04 Å². The molecule has 0 radical (unpaired) electrons. The molecule has 21 heavy (non-hydrogen) atoms. The lowest BCUT2D eigenvalue weighted by Gasteiger charge is -2.31. The number of phenolic OH excluding ortho intramolecular Hbond substituents is 1. The Morgan fingerprint density at radius 3 is 2.62 bits per heavy atom. The zero-order valence-electron chi connectivity index (χ0n) is 12.2. The normalized spacial score (nSPS) is 18.0. The van der Waals surface area contributed by atoms with Crippen molar-refractivity contribution in [2.75, 3.05) is 25.4 Å². The van der Waals surface area contributed by atoms with Gasteiger partial charge in [0.05, 0.1) is 10.6 Å². The molecule has 1 aromatic carbocycles. The molecule has 0 amide bonds. The van der Waals surface area contributed by atoms with Crippen LogP contribution in [0.25, 0.3) is 0 Å². The van der Waals surface area contributed by atoms with Crippen LogP contribution in [0.3, 0.4) is 0 Å². The van der Waals surface area contributed by atoms with Gasteiger partial charge in [-0.3, -0.25) is 0 Å². The summed E-state index contributed by atoms with van der Waals surface area (Å²) < 4.78 is 27.3. The van der Waals surface area contributed by atoms with Crippen molar-refractivity contribution in [2.45, 2.75) is 37.1 Å². The number of nitrogens with one attached hydrogen (secondary N) is 1. The second kappa shape index (κ2) is 6.64. The molecule has 0 atom stereocenters. The lowest BCUT2D eigenvalue weighted by atomic mass is 10.1. The van der Waals surface area contributed by atoms with Crippen molar-refractivity contribution < 1.29 is 13.5 Å². The third kappa shape index (κ3) is 4.09. The Hall–Kier alpha value is -1.31. The third-order valence-electron chi connectivity index (χ3n) is 3.76. The predicted molar refractivity (Wildman–Crippen MR) is 82.6 cm³/mol. The number of piperidine rings is 1.